The van der Waals surface area contributed by atoms with Crippen LogP contribution in [0.15, 0.2) is 56.7 Å². The van der Waals surface area contributed by atoms with E-state index in [1.165, 1.54) is 12.3 Å². The van der Waals surface area contributed by atoms with Crippen molar-refractivity contribution in [2.75, 3.05) is 5.75 Å². The highest BCUT2D eigenvalue weighted by Gasteiger charge is 2.40. The molecule has 10 heteroatoms. The Kier molecular flexibility index (Phi) is 7.51. The summed E-state index contributed by atoms with van der Waals surface area (Å²) in [6, 6.07) is 3.05. The number of piperazine rings is 1. The van der Waals surface area contributed by atoms with Crippen LogP contribution in [0.3, 0.4) is 0 Å². The fraction of sp³-hybridized carbons (Fsp3) is 0.455. The molecule has 0 spiro atoms. The normalized spacial score (nSPS) is 22.2. The number of rotatable bonds is 7. The zero-order valence-electron chi connectivity index (χ0n) is 18.5. The van der Waals surface area contributed by atoms with Crippen LogP contribution in [-0.4, -0.2) is 47.7 Å². The number of amides is 1. The molecule has 1 amide bonds. The molecule has 0 radical (unpaired) electrons. The van der Waals surface area contributed by atoms with Crippen molar-refractivity contribution in [3.05, 3.63) is 47.5 Å². The van der Waals surface area contributed by atoms with Crippen LogP contribution in [0.25, 0.3) is 0 Å². The monoisotopic (exact) mass is 477 g/mol. The van der Waals surface area contributed by atoms with Crippen molar-refractivity contribution in [2.24, 2.45) is 15.9 Å². The molecule has 2 fully saturated rings. The molecule has 1 aromatic rings. The highest BCUT2D eigenvalue weighted by atomic mass is 35.5. The van der Waals surface area contributed by atoms with Gasteiger partial charge >= 0.3 is 0 Å². The first-order valence-corrected chi connectivity index (χ1v) is 12.6. The Hall–Kier alpha value is -2.52. The fourth-order valence-electron chi connectivity index (χ4n) is 3.64. The number of nitrogens with zero attached hydrogens (tertiary/aromatic N) is 4. The van der Waals surface area contributed by atoms with E-state index in [4.69, 9.17) is 11.6 Å². The second kappa shape index (κ2) is 9.95. The quantitative estimate of drug-likeness (QED) is 0.606. The number of nitrogens with one attached hydrogen (secondary N) is 1. The zero-order chi connectivity index (χ0) is 23.5. The Morgan fingerprint density at radius 2 is 2.16 bits per heavy atom. The molecule has 0 aromatic carbocycles. The van der Waals surface area contributed by atoms with Crippen LogP contribution in [0.4, 0.5) is 0 Å². The third kappa shape index (κ3) is 5.10. The predicted octanol–water partition coefficient (Wildman–Crippen LogP) is 3.41. The number of halogens is 1. The van der Waals surface area contributed by atoms with Crippen molar-refractivity contribution in [3.8, 4) is 0 Å². The summed E-state index contributed by atoms with van der Waals surface area (Å²) < 4.78 is 23.9. The zero-order valence-corrected chi connectivity index (χ0v) is 20.1. The molecule has 172 valence electrons. The molecule has 1 unspecified atom stereocenters. The van der Waals surface area contributed by atoms with Crippen molar-refractivity contribution in [1.29, 1.82) is 0 Å². The van der Waals surface area contributed by atoms with E-state index in [0.717, 1.165) is 19.3 Å². The SMILES string of the molecule is C=C(Cl)N=C1/C(=C\C)NC(=NCc2ccc(S(=O)(=O)CC)cn2)C(=O)N1C(C)C1CCC1. The fourth-order valence-corrected chi connectivity index (χ4v) is 4.54. The van der Waals surface area contributed by atoms with E-state index in [2.05, 4.69) is 26.9 Å². The van der Waals surface area contributed by atoms with Crippen LogP contribution < -0.4 is 5.32 Å². The molecule has 1 aromatic heterocycles. The average Bonchev–Trinajstić information content (AvgIpc) is 2.72. The number of aromatic nitrogens is 1. The Balaban J connectivity index is 1.89. The predicted molar refractivity (Wildman–Crippen MR) is 126 cm³/mol. The van der Waals surface area contributed by atoms with Crippen molar-refractivity contribution < 1.29 is 13.2 Å². The minimum absolute atomic E-state index is 0.00844. The van der Waals surface area contributed by atoms with Crippen LogP contribution in [0, 0.1) is 5.92 Å². The number of pyridine rings is 1. The smallest absolute Gasteiger partial charge is 0.295 e. The summed E-state index contributed by atoms with van der Waals surface area (Å²) in [6.07, 6.45) is 6.40. The van der Waals surface area contributed by atoms with Crippen LogP contribution in [0.1, 0.15) is 45.7 Å². The van der Waals surface area contributed by atoms with Crippen LogP contribution in [-0.2, 0) is 21.2 Å². The number of carbonyl (C=O) groups excluding carboxylic acids is 1. The van der Waals surface area contributed by atoms with Crippen LogP contribution >= 0.6 is 11.6 Å². The number of aliphatic imine (C=N–C) groups is 2. The van der Waals surface area contributed by atoms with Crippen molar-refractivity contribution in [3.63, 3.8) is 0 Å². The van der Waals surface area contributed by atoms with Crippen LogP contribution in [0.2, 0.25) is 0 Å². The number of carbonyl (C=O) groups is 1. The second-order valence-corrected chi connectivity index (χ2v) is 10.5. The molecule has 2 heterocycles. The largest absolute Gasteiger partial charge is 0.333 e. The Morgan fingerprint density at radius 3 is 2.66 bits per heavy atom. The van der Waals surface area contributed by atoms with E-state index in [0.29, 0.717) is 23.1 Å². The molecule has 8 nitrogen and oxygen atoms in total. The molecular formula is C22H28ClN5O3S. The van der Waals surface area contributed by atoms with Gasteiger partial charge in [0.1, 0.15) is 5.16 Å². The maximum absolute atomic E-state index is 13.4. The molecule has 1 N–H and O–H groups in total. The third-order valence-electron chi connectivity index (χ3n) is 5.83. The Morgan fingerprint density at radius 1 is 1.44 bits per heavy atom. The van der Waals surface area contributed by atoms with Gasteiger partial charge in [-0.2, -0.15) is 0 Å². The topological polar surface area (TPSA) is 104 Å². The summed E-state index contributed by atoms with van der Waals surface area (Å²) >= 11 is 5.96. The molecule has 1 saturated heterocycles. The summed E-state index contributed by atoms with van der Waals surface area (Å²) in [7, 11) is -3.32. The highest BCUT2D eigenvalue weighted by molar-refractivity contribution is 7.91. The van der Waals surface area contributed by atoms with E-state index >= 15 is 0 Å². The summed E-state index contributed by atoms with van der Waals surface area (Å²) in [4.78, 5) is 28.1. The maximum Gasteiger partial charge on any atom is 0.295 e. The van der Waals surface area contributed by atoms with Gasteiger partial charge in [-0.05, 0) is 44.7 Å². The summed E-state index contributed by atoms with van der Waals surface area (Å²) in [5, 5.41) is 3.14. The first-order chi connectivity index (χ1) is 15.2. The maximum atomic E-state index is 13.4. The van der Waals surface area contributed by atoms with Gasteiger partial charge in [0, 0.05) is 12.2 Å². The highest BCUT2D eigenvalue weighted by Crippen LogP contribution is 2.33. The van der Waals surface area contributed by atoms with Gasteiger partial charge in [0.15, 0.2) is 21.5 Å². The summed E-state index contributed by atoms with van der Waals surface area (Å²) in [5.41, 5.74) is 1.17. The lowest BCUT2D eigenvalue weighted by Gasteiger charge is -2.42. The van der Waals surface area contributed by atoms with E-state index in [-0.39, 0.29) is 40.1 Å². The van der Waals surface area contributed by atoms with Crippen LogP contribution in [0.5, 0.6) is 0 Å². The second-order valence-electron chi connectivity index (χ2n) is 7.80. The van der Waals surface area contributed by atoms with Gasteiger partial charge in [-0.15, -0.1) is 0 Å². The van der Waals surface area contributed by atoms with Gasteiger partial charge in [0.05, 0.1) is 28.6 Å². The number of hydrogen-bond donors (Lipinski definition) is 1. The minimum Gasteiger partial charge on any atom is -0.333 e. The molecule has 0 bridgehead atoms. The lowest BCUT2D eigenvalue weighted by Crippen LogP contribution is -2.59. The van der Waals surface area contributed by atoms with Crippen molar-refractivity contribution in [2.45, 2.75) is 57.5 Å². The van der Waals surface area contributed by atoms with E-state index in [1.54, 1.807) is 17.9 Å². The van der Waals surface area contributed by atoms with Gasteiger partial charge < -0.3 is 5.32 Å². The van der Waals surface area contributed by atoms with Gasteiger partial charge in [0.2, 0.25) is 0 Å². The first kappa shape index (κ1) is 24.1. The number of hydrogen-bond acceptors (Lipinski definition) is 6. The standard InChI is InChI=1S/C22H28ClN5O3S/c1-5-19-21(26-15(4)23)28(14(3)16-8-7-9-16)22(29)20(27-19)25-12-17-10-11-18(13-24-17)32(30,31)6-2/h5,10-11,13-14,16H,4,6-9,12H2,1-3H3,(H,25,27)/b19-5+,26-21?. The van der Waals surface area contributed by atoms with Gasteiger partial charge in [-0.1, -0.05) is 37.6 Å². The number of allylic oxidation sites excluding steroid dienone is 1. The molecule has 1 aliphatic heterocycles. The van der Waals surface area contributed by atoms with E-state index in [9.17, 15) is 13.2 Å². The van der Waals surface area contributed by atoms with E-state index in [1.807, 2.05) is 19.9 Å². The summed E-state index contributed by atoms with van der Waals surface area (Å²) in [6.45, 7) is 9.20. The molecular weight excluding hydrogens is 450 g/mol. The lowest BCUT2D eigenvalue weighted by molar-refractivity contribution is -0.123. The third-order valence-corrected chi connectivity index (χ3v) is 7.64. The molecule has 1 saturated carbocycles. The molecule has 1 aliphatic carbocycles. The minimum atomic E-state index is -3.32. The number of sulfone groups is 1. The van der Waals surface area contributed by atoms with Gasteiger partial charge in [-0.3, -0.25) is 19.7 Å². The van der Waals surface area contributed by atoms with E-state index < -0.39 is 9.84 Å². The lowest BCUT2D eigenvalue weighted by atomic mass is 9.79. The molecule has 1 atom stereocenters. The van der Waals surface area contributed by atoms with Gasteiger partial charge in [-0.25, -0.2) is 13.4 Å². The molecule has 2 aliphatic rings. The number of amidine groups is 2. The van der Waals surface area contributed by atoms with Gasteiger partial charge in [0.25, 0.3) is 5.91 Å². The summed E-state index contributed by atoms with van der Waals surface area (Å²) in [5.74, 6) is 0.712. The Labute approximate surface area is 194 Å². The molecule has 3 rings (SSSR count). The van der Waals surface area contributed by atoms with Crippen molar-refractivity contribution in [1.82, 2.24) is 15.2 Å². The molecule has 32 heavy (non-hydrogen) atoms. The first-order valence-electron chi connectivity index (χ1n) is 10.6. The Bertz CT molecular complexity index is 1090. The van der Waals surface area contributed by atoms with Crippen molar-refractivity contribution >= 4 is 39.0 Å². The average molecular weight is 478 g/mol.